The Morgan fingerprint density at radius 3 is 2.74 bits per heavy atom. The topological polar surface area (TPSA) is 87.6 Å². The molecule has 1 aromatic carbocycles. The number of β-amino-alcohol motifs (C(OH)–C–C–N with tert-alkyl or cyclic N) is 1. The van der Waals surface area contributed by atoms with Crippen molar-refractivity contribution >= 4 is 11.9 Å². The van der Waals surface area contributed by atoms with Crippen LogP contribution in [0.25, 0.3) is 0 Å². The number of aromatic nitrogens is 2. The summed E-state index contributed by atoms with van der Waals surface area (Å²) >= 11 is 0. The number of amides is 1. The Balaban J connectivity index is 1.34. The van der Waals surface area contributed by atoms with Gasteiger partial charge in [-0.15, -0.1) is 0 Å². The number of carbonyl (C=O) groups is 1. The average Bonchev–Trinajstić information content (AvgIpc) is 2.70. The zero-order chi connectivity index (χ0) is 18.9. The van der Waals surface area contributed by atoms with Gasteiger partial charge >= 0.3 is 0 Å². The minimum atomic E-state index is -0.638. The molecule has 1 fully saturated rings. The minimum Gasteiger partial charge on any atom is -0.389 e. The Labute approximate surface area is 159 Å². The minimum absolute atomic E-state index is 0.0618. The van der Waals surface area contributed by atoms with Crippen LogP contribution >= 0.6 is 0 Å². The van der Waals surface area contributed by atoms with E-state index in [0.717, 1.165) is 5.56 Å². The van der Waals surface area contributed by atoms with Crippen LogP contribution < -0.4 is 5.32 Å². The van der Waals surface area contributed by atoms with Gasteiger partial charge in [0.2, 0.25) is 11.9 Å². The van der Waals surface area contributed by atoms with Crippen molar-refractivity contribution in [3.8, 4) is 0 Å². The molecule has 1 aromatic heterocycles. The molecule has 2 aromatic rings. The van der Waals surface area contributed by atoms with Crippen LogP contribution in [0.3, 0.4) is 0 Å². The molecule has 0 saturated carbocycles. The van der Waals surface area contributed by atoms with Gasteiger partial charge in [-0.05, 0) is 24.5 Å². The SMILES string of the molecule is O=C(CCCOCc1ccccc1)N1CC[C@@H](Nc2ncccn2)[C@H](O)C1. The molecule has 27 heavy (non-hydrogen) atoms. The number of anilines is 1. The van der Waals surface area contributed by atoms with E-state index >= 15 is 0 Å². The molecule has 1 aliphatic rings. The highest BCUT2D eigenvalue weighted by atomic mass is 16.5. The fraction of sp³-hybridized carbons (Fsp3) is 0.450. The molecule has 1 aliphatic heterocycles. The maximum Gasteiger partial charge on any atom is 0.222 e. The molecular formula is C20H26N4O3. The summed E-state index contributed by atoms with van der Waals surface area (Å²) in [6.45, 7) is 2.05. The van der Waals surface area contributed by atoms with Gasteiger partial charge in [0.15, 0.2) is 0 Å². The van der Waals surface area contributed by atoms with Crippen LogP contribution in [0.15, 0.2) is 48.8 Å². The molecule has 2 heterocycles. The van der Waals surface area contributed by atoms with E-state index in [1.54, 1.807) is 23.4 Å². The Morgan fingerprint density at radius 1 is 1.22 bits per heavy atom. The second-order valence-electron chi connectivity index (χ2n) is 6.66. The molecule has 0 aliphatic carbocycles. The van der Waals surface area contributed by atoms with Crippen molar-refractivity contribution in [3.63, 3.8) is 0 Å². The molecule has 0 radical (unpaired) electrons. The standard InChI is InChI=1S/C20H26N4O3/c25-18-14-24(12-9-17(18)23-20-21-10-5-11-22-20)19(26)8-4-13-27-15-16-6-2-1-3-7-16/h1-3,5-7,10-11,17-18,25H,4,8-9,12-15H2,(H,21,22,23)/t17-,18-/m1/s1. The molecule has 0 spiro atoms. The number of hydrogen-bond acceptors (Lipinski definition) is 6. The summed E-state index contributed by atoms with van der Waals surface area (Å²) in [6, 6.07) is 11.6. The summed E-state index contributed by atoms with van der Waals surface area (Å²) in [6.07, 6.45) is 4.44. The zero-order valence-electron chi connectivity index (χ0n) is 15.3. The fourth-order valence-corrected chi connectivity index (χ4v) is 3.11. The van der Waals surface area contributed by atoms with E-state index < -0.39 is 6.10 Å². The number of carbonyl (C=O) groups excluding carboxylic acids is 1. The second kappa shape index (κ2) is 9.99. The van der Waals surface area contributed by atoms with Crippen molar-refractivity contribution in [1.29, 1.82) is 0 Å². The number of ether oxygens (including phenoxy) is 1. The van der Waals surface area contributed by atoms with Crippen molar-refractivity contribution < 1.29 is 14.6 Å². The van der Waals surface area contributed by atoms with Gasteiger partial charge in [-0.2, -0.15) is 0 Å². The fourth-order valence-electron chi connectivity index (χ4n) is 3.11. The summed E-state index contributed by atoms with van der Waals surface area (Å²) in [5.41, 5.74) is 1.13. The summed E-state index contributed by atoms with van der Waals surface area (Å²) in [4.78, 5) is 22.3. The average molecular weight is 370 g/mol. The molecule has 7 heteroatoms. The van der Waals surface area contributed by atoms with E-state index in [2.05, 4.69) is 15.3 Å². The number of piperidine rings is 1. The van der Waals surface area contributed by atoms with Crippen molar-refractivity contribution in [1.82, 2.24) is 14.9 Å². The first-order valence-corrected chi connectivity index (χ1v) is 9.33. The summed E-state index contributed by atoms with van der Waals surface area (Å²) in [5, 5.41) is 13.5. The largest absolute Gasteiger partial charge is 0.389 e. The van der Waals surface area contributed by atoms with Crippen LogP contribution in [0, 0.1) is 0 Å². The second-order valence-corrected chi connectivity index (χ2v) is 6.66. The summed E-state index contributed by atoms with van der Waals surface area (Å²) in [5.74, 6) is 0.559. The van der Waals surface area contributed by atoms with Gasteiger partial charge in [-0.3, -0.25) is 4.79 Å². The number of likely N-dealkylation sites (tertiary alicyclic amines) is 1. The van der Waals surface area contributed by atoms with Gasteiger partial charge in [0.05, 0.1) is 18.8 Å². The third kappa shape index (κ3) is 6.01. The Hall–Kier alpha value is -2.51. The van der Waals surface area contributed by atoms with Gasteiger partial charge in [0.1, 0.15) is 0 Å². The van der Waals surface area contributed by atoms with Crippen LogP contribution in [0.1, 0.15) is 24.8 Å². The number of aliphatic hydroxyl groups is 1. The number of aliphatic hydroxyl groups excluding tert-OH is 1. The van der Waals surface area contributed by atoms with Crippen LogP contribution in [0.4, 0.5) is 5.95 Å². The Kier molecular flexibility index (Phi) is 7.12. The monoisotopic (exact) mass is 370 g/mol. The first kappa shape index (κ1) is 19.3. The lowest BCUT2D eigenvalue weighted by Crippen LogP contribution is -2.51. The quantitative estimate of drug-likeness (QED) is 0.690. The number of benzene rings is 1. The van der Waals surface area contributed by atoms with Gasteiger partial charge < -0.3 is 20.1 Å². The molecule has 0 bridgehead atoms. The highest BCUT2D eigenvalue weighted by Gasteiger charge is 2.30. The van der Waals surface area contributed by atoms with E-state index in [1.165, 1.54) is 0 Å². The van der Waals surface area contributed by atoms with E-state index in [-0.39, 0.29) is 11.9 Å². The lowest BCUT2D eigenvalue weighted by atomic mass is 10.0. The van der Waals surface area contributed by atoms with E-state index in [9.17, 15) is 9.90 Å². The maximum atomic E-state index is 12.4. The van der Waals surface area contributed by atoms with Crippen LogP contribution in [-0.4, -0.2) is 57.7 Å². The first-order chi connectivity index (χ1) is 13.2. The Bertz CT molecular complexity index is 699. The number of nitrogens with one attached hydrogen (secondary N) is 1. The predicted octanol–water partition coefficient (Wildman–Crippen LogP) is 1.85. The van der Waals surface area contributed by atoms with E-state index in [0.29, 0.717) is 51.5 Å². The van der Waals surface area contributed by atoms with E-state index in [4.69, 9.17) is 4.74 Å². The van der Waals surface area contributed by atoms with Gasteiger partial charge in [-0.1, -0.05) is 30.3 Å². The Morgan fingerprint density at radius 2 is 2.00 bits per heavy atom. The first-order valence-electron chi connectivity index (χ1n) is 9.33. The zero-order valence-corrected chi connectivity index (χ0v) is 15.3. The number of rotatable bonds is 8. The lowest BCUT2D eigenvalue weighted by Gasteiger charge is -2.36. The highest BCUT2D eigenvalue weighted by Crippen LogP contribution is 2.16. The summed E-state index contributed by atoms with van der Waals surface area (Å²) in [7, 11) is 0. The molecule has 1 saturated heterocycles. The molecule has 2 atom stereocenters. The van der Waals surface area contributed by atoms with Crippen LogP contribution in [0.5, 0.6) is 0 Å². The highest BCUT2D eigenvalue weighted by molar-refractivity contribution is 5.76. The predicted molar refractivity (Wildman–Crippen MR) is 102 cm³/mol. The normalized spacial score (nSPS) is 19.7. The third-order valence-corrected chi connectivity index (χ3v) is 4.61. The van der Waals surface area contributed by atoms with Crippen LogP contribution in [0.2, 0.25) is 0 Å². The van der Waals surface area contributed by atoms with E-state index in [1.807, 2.05) is 30.3 Å². The van der Waals surface area contributed by atoms with Crippen LogP contribution in [-0.2, 0) is 16.1 Å². The lowest BCUT2D eigenvalue weighted by molar-refractivity contribution is -0.134. The third-order valence-electron chi connectivity index (χ3n) is 4.61. The molecule has 2 N–H and O–H groups in total. The van der Waals surface area contributed by atoms with Gasteiger partial charge in [0.25, 0.3) is 0 Å². The molecule has 3 rings (SSSR count). The molecule has 7 nitrogen and oxygen atoms in total. The van der Waals surface area contributed by atoms with Gasteiger partial charge in [0, 0.05) is 38.5 Å². The van der Waals surface area contributed by atoms with Crippen molar-refractivity contribution in [2.24, 2.45) is 0 Å². The van der Waals surface area contributed by atoms with Gasteiger partial charge in [-0.25, -0.2) is 9.97 Å². The maximum absolute atomic E-state index is 12.4. The smallest absolute Gasteiger partial charge is 0.222 e. The summed E-state index contributed by atoms with van der Waals surface area (Å²) < 4.78 is 5.62. The number of nitrogens with zero attached hydrogens (tertiary/aromatic N) is 3. The van der Waals surface area contributed by atoms with Crippen molar-refractivity contribution in [2.75, 3.05) is 25.0 Å². The van der Waals surface area contributed by atoms with Crippen molar-refractivity contribution in [3.05, 3.63) is 54.4 Å². The molecule has 1 amide bonds. The van der Waals surface area contributed by atoms with Crippen molar-refractivity contribution in [2.45, 2.75) is 38.0 Å². The number of hydrogen-bond donors (Lipinski definition) is 2. The molecular weight excluding hydrogens is 344 g/mol. The molecule has 144 valence electrons. The molecule has 0 unspecified atom stereocenters.